The van der Waals surface area contributed by atoms with E-state index >= 15 is 0 Å². The van der Waals surface area contributed by atoms with Crippen LogP contribution in [0.1, 0.15) is 50.1 Å². The van der Waals surface area contributed by atoms with Gasteiger partial charge in [-0.1, -0.05) is 11.3 Å². The summed E-state index contributed by atoms with van der Waals surface area (Å²) in [7, 11) is -2.40. The maximum absolute atomic E-state index is 13.3. The van der Waals surface area contributed by atoms with Gasteiger partial charge in [0, 0.05) is 17.8 Å². The lowest BCUT2D eigenvalue weighted by Gasteiger charge is -2.26. The number of aryl methyl sites for hydroxylation is 1. The average Bonchev–Trinajstić information content (AvgIpc) is 3.26. The van der Waals surface area contributed by atoms with Gasteiger partial charge in [0.15, 0.2) is 4.96 Å². The summed E-state index contributed by atoms with van der Waals surface area (Å²) in [5.41, 5.74) is 1.23. The second-order valence-corrected chi connectivity index (χ2v) is 11.5. The molecular formula is C22H29N3O5S2. The Morgan fingerprint density at radius 2 is 1.94 bits per heavy atom. The summed E-state index contributed by atoms with van der Waals surface area (Å²) in [5.74, 6) is 0.262. The molecule has 0 unspecified atom stereocenters. The lowest BCUT2D eigenvalue weighted by atomic mass is 9.94. The molecule has 4 rings (SSSR count). The molecule has 1 aliphatic rings. The fourth-order valence-corrected chi connectivity index (χ4v) is 6.62. The molecule has 1 fully saturated rings. The first-order chi connectivity index (χ1) is 15.0. The Morgan fingerprint density at radius 1 is 1.25 bits per heavy atom. The summed E-state index contributed by atoms with van der Waals surface area (Å²) < 4.78 is 36.6. The van der Waals surface area contributed by atoms with Crippen LogP contribution >= 0.6 is 11.3 Å². The van der Waals surface area contributed by atoms with Crippen LogP contribution in [0.4, 0.5) is 0 Å². The van der Waals surface area contributed by atoms with Crippen molar-refractivity contribution in [1.82, 2.24) is 14.1 Å². The number of ether oxygens (including phenoxy) is 1. The summed E-state index contributed by atoms with van der Waals surface area (Å²) in [5, 5.41) is 20.1. The summed E-state index contributed by atoms with van der Waals surface area (Å²) in [6.07, 6.45) is 3.84. The lowest BCUT2D eigenvalue weighted by Crippen LogP contribution is -2.38. The van der Waals surface area contributed by atoms with E-state index in [1.165, 1.54) is 18.4 Å². The van der Waals surface area contributed by atoms with Gasteiger partial charge in [-0.05, 0) is 64.7 Å². The van der Waals surface area contributed by atoms with Crippen molar-refractivity contribution >= 4 is 26.3 Å². The van der Waals surface area contributed by atoms with Crippen LogP contribution in [0.2, 0.25) is 0 Å². The Hall–Kier alpha value is -1.98. The van der Waals surface area contributed by atoms with Crippen LogP contribution in [0.15, 0.2) is 29.3 Å². The number of fused-ring (bicyclic) bond motifs is 1. The van der Waals surface area contributed by atoms with Crippen LogP contribution in [0.3, 0.4) is 0 Å². The molecular weight excluding hydrogens is 450 g/mol. The van der Waals surface area contributed by atoms with E-state index in [9.17, 15) is 18.6 Å². The number of hydrogen-bond acceptors (Lipinski definition) is 7. The average molecular weight is 480 g/mol. The van der Waals surface area contributed by atoms with Crippen LogP contribution < -0.4 is 9.46 Å². The molecule has 2 heterocycles. The molecule has 10 heteroatoms. The second-order valence-electron chi connectivity index (χ2n) is 8.85. The number of imidazole rings is 1. The number of nitrogens with zero attached hydrogens (tertiary/aromatic N) is 2. The highest BCUT2D eigenvalue weighted by Crippen LogP contribution is 2.36. The highest BCUT2D eigenvalue weighted by molar-refractivity contribution is 7.89. The highest BCUT2D eigenvalue weighted by Gasteiger charge is 2.28. The van der Waals surface area contributed by atoms with Crippen molar-refractivity contribution in [2.45, 2.75) is 69.1 Å². The number of hydrogen-bond donors (Lipinski definition) is 3. The van der Waals surface area contributed by atoms with Crippen molar-refractivity contribution in [3.05, 3.63) is 35.0 Å². The lowest BCUT2D eigenvalue weighted by molar-refractivity contribution is 0.0822. The van der Waals surface area contributed by atoms with E-state index in [0.29, 0.717) is 31.2 Å². The van der Waals surface area contributed by atoms with E-state index in [1.807, 2.05) is 23.6 Å². The number of thiazole rings is 1. The number of sulfonamides is 1. The first-order valence-electron chi connectivity index (χ1n) is 10.6. The summed E-state index contributed by atoms with van der Waals surface area (Å²) in [4.78, 5) is 6.17. The predicted molar refractivity (Wildman–Crippen MR) is 124 cm³/mol. The van der Waals surface area contributed by atoms with Crippen molar-refractivity contribution < 1.29 is 23.4 Å². The maximum atomic E-state index is 13.3. The van der Waals surface area contributed by atoms with Gasteiger partial charge in [0.25, 0.3) is 0 Å². The molecule has 1 saturated carbocycles. The van der Waals surface area contributed by atoms with E-state index in [-0.39, 0.29) is 22.8 Å². The SMILES string of the molecule is COc1ccc(-c2c(C)nc3sc(C(C)(C)O)cn23)cc1S(=O)(=O)N[C@H]1CC[C@H](O)CC1. The molecule has 0 amide bonds. The van der Waals surface area contributed by atoms with E-state index in [2.05, 4.69) is 9.71 Å². The van der Waals surface area contributed by atoms with Crippen molar-refractivity contribution in [3.8, 4) is 17.0 Å². The number of methoxy groups -OCH3 is 1. The minimum atomic E-state index is -3.84. The minimum Gasteiger partial charge on any atom is -0.495 e. The zero-order chi connectivity index (χ0) is 23.3. The van der Waals surface area contributed by atoms with Gasteiger partial charge in [-0.15, -0.1) is 0 Å². The van der Waals surface area contributed by atoms with Crippen LogP contribution in [0, 0.1) is 6.92 Å². The van der Waals surface area contributed by atoms with E-state index in [1.54, 1.807) is 26.0 Å². The molecule has 0 radical (unpaired) electrons. The molecule has 0 atom stereocenters. The van der Waals surface area contributed by atoms with Gasteiger partial charge in [-0.3, -0.25) is 4.40 Å². The van der Waals surface area contributed by atoms with E-state index < -0.39 is 15.6 Å². The predicted octanol–water partition coefficient (Wildman–Crippen LogP) is 3.19. The Morgan fingerprint density at radius 3 is 2.56 bits per heavy atom. The third-order valence-corrected chi connectivity index (χ3v) is 8.69. The first kappa shape index (κ1) is 23.2. The number of aromatic nitrogens is 2. The Bertz CT molecular complexity index is 1230. The maximum Gasteiger partial charge on any atom is 0.244 e. The van der Waals surface area contributed by atoms with Gasteiger partial charge in [0.1, 0.15) is 10.6 Å². The van der Waals surface area contributed by atoms with Crippen LogP contribution in [0.25, 0.3) is 16.2 Å². The molecule has 8 nitrogen and oxygen atoms in total. The smallest absolute Gasteiger partial charge is 0.244 e. The number of benzene rings is 1. The van der Waals surface area contributed by atoms with E-state index in [0.717, 1.165) is 21.2 Å². The summed E-state index contributed by atoms with van der Waals surface area (Å²) in [6, 6.07) is 4.85. The van der Waals surface area contributed by atoms with E-state index in [4.69, 9.17) is 4.74 Å². The molecule has 0 bridgehead atoms. The molecule has 0 aliphatic heterocycles. The molecule has 1 aliphatic carbocycles. The molecule has 0 saturated heterocycles. The summed E-state index contributed by atoms with van der Waals surface area (Å²) >= 11 is 1.40. The van der Waals surface area contributed by atoms with Gasteiger partial charge >= 0.3 is 0 Å². The van der Waals surface area contributed by atoms with Crippen molar-refractivity contribution in [2.24, 2.45) is 0 Å². The number of rotatable bonds is 6. The topological polar surface area (TPSA) is 113 Å². The molecule has 3 N–H and O–H groups in total. The van der Waals surface area contributed by atoms with Gasteiger partial charge in [-0.2, -0.15) is 0 Å². The Kier molecular flexibility index (Phi) is 6.10. The normalized spacial score (nSPS) is 20.1. The van der Waals surface area contributed by atoms with Gasteiger partial charge in [0.2, 0.25) is 10.0 Å². The molecule has 1 aromatic carbocycles. The monoisotopic (exact) mass is 479 g/mol. The van der Waals surface area contributed by atoms with Gasteiger partial charge in [0.05, 0.1) is 35.1 Å². The van der Waals surface area contributed by atoms with Crippen molar-refractivity contribution in [3.63, 3.8) is 0 Å². The number of aliphatic hydroxyl groups excluding tert-OH is 1. The molecule has 3 aromatic rings. The summed E-state index contributed by atoms with van der Waals surface area (Å²) in [6.45, 7) is 5.32. The minimum absolute atomic E-state index is 0.0657. The fraction of sp³-hybridized carbons (Fsp3) is 0.500. The third-order valence-electron chi connectivity index (χ3n) is 5.85. The highest BCUT2D eigenvalue weighted by atomic mass is 32.2. The van der Waals surface area contributed by atoms with Gasteiger partial charge < -0.3 is 14.9 Å². The second kappa shape index (κ2) is 8.42. The first-order valence-corrected chi connectivity index (χ1v) is 12.9. The van der Waals surface area contributed by atoms with Crippen LogP contribution in [-0.4, -0.2) is 47.3 Å². The molecule has 174 valence electrons. The van der Waals surface area contributed by atoms with Gasteiger partial charge in [-0.25, -0.2) is 18.1 Å². The molecule has 0 spiro atoms. The standard InChI is InChI=1S/C22H29N3O5S2/c1-13-20(25-12-19(22(2,3)27)31-21(25)23-13)14-5-10-17(30-4)18(11-14)32(28,29)24-15-6-8-16(26)9-7-15/h5,10-12,15-16,24,26-27H,6-9H2,1-4H3/t15-,16-. The molecule has 2 aromatic heterocycles. The third kappa shape index (κ3) is 4.42. The quantitative estimate of drug-likeness (QED) is 0.500. The Labute approximate surface area is 191 Å². The largest absolute Gasteiger partial charge is 0.495 e. The molecule has 32 heavy (non-hydrogen) atoms. The Balaban J connectivity index is 1.75. The zero-order valence-electron chi connectivity index (χ0n) is 18.6. The number of nitrogens with one attached hydrogen (secondary N) is 1. The van der Waals surface area contributed by atoms with Crippen LogP contribution in [-0.2, 0) is 15.6 Å². The van der Waals surface area contributed by atoms with Crippen molar-refractivity contribution in [1.29, 1.82) is 0 Å². The van der Waals surface area contributed by atoms with Crippen molar-refractivity contribution in [2.75, 3.05) is 7.11 Å². The van der Waals surface area contributed by atoms with Crippen LogP contribution in [0.5, 0.6) is 5.75 Å². The zero-order valence-corrected chi connectivity index (χ0v) is 20.3. The fourth-order valence-electron chi connectivity index (χ4n) is 4.10. The number of aliphatic hydroxyl groups is 2.